The summed E-state index contributed by atoms with van der Waals surface area (Å²) in [5.41, 5.74) is 0.600. The molecule has 21 heavy (non-hydrogen) atoms. The molecule has 4 nitrogen and oxygen atoms in total. The smallest absolute Gasteiger partial charge is 0.423 e. The standard InChI is InChI=1S/C15H23BClNO3/c1-3-5-9-18(10-6-4-2)15(19)12-7-8-14(17)13(11-12)16(20)21/h7-8,11,20-21H,3-6,9-10H2,1-2H3. The van der Waals surface area contributed by atoms with Gasteiger partial charge in [0.2, 0.25) is 0 Å². The van der Waals surface area contributed by atoms with Gasteiger partial charge >= 0.3 is 7.12 Å². The van der Waals surface area contributed by atoms with Crippen LogP contribution in [-0.2, 0) is 0 Å². The van der Waals surface area contributed by atoms with Gasteiger partial charge in [0.25, 0.3) is 5.91 Å². The van der Waals surface area contributed by atoms with Gasteiger partial charge in [0.05, 0.1) is 0 Å². The third-order valence-electron chi connectivity index (χ3n) is 3.37. The minimum absolute atomic E-state index is 0.0875. The van der Waals surface area contributed by atoms with E-state index in [0.29, 0.717) is 5.56 Å². The van der Waals surface area contributed by atoms with Crippen LogP contribution in [0.5, 0.6) is 0 Å². The Morgan fingerprint density at radius 2 is 1.76 bits per heavy atom. The van der Waals surface area contributed by atoms with Gasteiger partial charge in [-0.15, -0.1) is 0 Å². The van der Waals surface area contributed by atoms with Crippen molar-refractivity contribution in [2.75, 3.05) is 13.1 Å². The average Bonchev–Trinajstić information content (AvgIpc) is 2.47. The molecule has 0 radical (unpaired) electrons. The summed E-state index contributed by atoms with van der Waals surface area (Å²) in [7, 11) is -1.68. The first kappa shape index (κ1) is 18.0. The predicted octanol–water partition coefficient (Wildman–Crippen LogP) is 2.06. The predicted molar refractivity (Wildman–Crippen MR) is 87.0 cm³/mol. The normalized spacial score (nSPS) is 10.5. The summed E-state index contributed by atoms with van der Waals surface area (Å²) in [5, 5.41) is 18.8. The second-order valence-electron chi connectivity index (χ2n) is 5.11. The number of carbonyl (C=O) groups excluding carboxylic acids is 1. The molecule has 6 heteroatoms. The summed E-state index contributed by atoms with van der Waals surface area (Å²) < 4.78 is 0. The fourth-order valence-corrected chi connectivity index (χ4v) is 2.29. The van der Waals surface area contributed by atoms with Gasteiger partial charge < -0.3 is 14.9 Å². The second kappa shape index (κ2) is 9.08. The highest BCUT2D eigenvalue weighted by Gasteiger charge is 2.20. The Kier molecular flexibility index (Phi) is 7.79. The zero-order chi connectivity index (χ0) is 15.8. The Morgan fingerprint density at radius 1 is 1.19 bits per heavy atom. The van der Waals surface area contributed by atoms with Crippen molar-refractivity contribution < 1.29 is 14.8 Å². The van der Waals surface area contributed by atoms with Crippen molar-refractivity contribution in [2.45, 2.75) is 39.5 Å². The highest BCUT2D eigenvalue weighted by molar-refractivity contribution is 6.62. The fraction of sp³-hybridized carbons (Fsp3) is 0.533. The molecule has 116 valence electrons. The monoisotopic (exact) mass is 311 g/mol. The summed E-state index contributed by atoms with van der Waals surface area (Å²) in [5.74, 6) is -0.0875. The van der Waals surface area contributed by atoms with E-state index >= 15 is 0 Å². The number of carbonyl (C=O) groups is 1. The first-order valence-electron chi connectivity index (χ1n) is 7.46. The SMILES string of the molecule is CCCCN(CCCC)C(=O)c1ccc(Cl)c(B(O)O)c1. The van der Waals surface area contributed by atoms with Crippen LogP contribution in [0.1, 0.15) is 49.9 Å². The molecule has 0 aliphatic heterocycles. The summed E-state index contributed by atoms with van der Waals surface area (Å²) in [4.78, 5) is 14.4. The van der Waals surface area contributed by atoms with Gasteiger partial charge in [-0.3, -0.25) is 4.79 Å². The third-order valence-corrected chi connectivity index (χ3v) is 3.72. The highest BCUT2D eigenvalue weighted by Crippen LogP contribution is 2.12. The van der Waals surface area contributed by atoms with E-state index in [4.69, 9.17) is 11.6 Å². The summed E-state index contributed by atoms with van der Waals surface area (Å²) >= 11 is 5.90. The van der Waals surface area contributed by atoms with Crippen molar-refractivity contribution in [1.29, 1.82) is 0 Å². The van der Waals surface area contributed by atoms with Crippen molar-refractivity contribution in [3.8, 4) is 0 Å². The van der Waals surface area contributed by atoms with E-state index < -0.39 is 7.12 Å². The first-order valence-corrected chi connectivity index (χ1v) is 7.83. The van der Waals surface area contributed by atoms with Crippen molar-refractivity contribution in [3.63, 3.8) is 0 Å². The van der Waals surface area contributed by atoms with E-state index in [1.807, 2.05) is 4.90 Å². The number of hydrogen-bond acceptors (Lipinski definition) is 3. The van der Waals surface area contributed by atoms with E-state index in [1.165, 1.54) is 12.1 Å². The first-order chi connectivity index (χ1) is 10.0. The molecule has 0 saturated heterocycles. The molecule has 0 spiro atoms. The number of unbranched alkanes of at least 4 members (excludes halogenated alkanes) is 2. The van der Waals surface area contributed by atoms with Crippen LogP contribution >= 0.6 is 11.6 Å². The van der Waals surface area contributed by atoms with Crippen LogP contribution in [0, 0.1) is 0 Å². The van der Waals surface area contributed by atoms with Crippen LogP contribution in [0.15, 0.2) is 18.2 Å². The molecule has 0 aliphatic carbocycles. The Balaban J connectivity index is 2.93. The molecule has 1 rings (SSSR count). The number of nitrogens with zero attached hydrogens (tertiary/aromatic N) is 1. The largest absolute Gasteiger partial charge is 0.489 e. The Bertz CT molecular complexity index is 460. The van der Waals surface area contributed by atoms with Crippen molar-refractivity contribution in [2.24, 2.45) is 0 Å². The molecular formula is C15H23BClNO3. The van der Waals surface area contributed by atoms with E-state index in [0.717, 1.165) is 38.8 Å². The maximum atomic E-state index is 12.6. The number of amides is 1. The van der Waals surface area contributed by atoms with Crippen LogP contribution in [-0.4, -0.2) is 41.1 Å². The molecule has 1 amide bonds. The van der Waals surface area contributed by atoms with Crippen LogP contribution in [0.2, 0.25) is 5.02 Å². The lowest BCUT2D eigenvalue weighted by atomic mass is 9.79. The molecule has 0 heterocycles. The maximum Gasteiger partial charge on any atom is 0.489 e. The molecule has 0 aromatic heterocycles. The number of rotatable bonds is 8. The molecule has 2 N–H and O–H groups in total. The molecule has 0 atom stereocenters. The van der Waals surface area contributed by atoms with Crippen molar-refractivity contribution >= 4 is 30.1 Å². The summed E-state index contributed by atoms with van der Waals surface area (Å²) in [6, 6.07) is 4.61. The Hall–Kier alpha value is -1.04. The van der Waals surface area contributed by atoms with Crippen molar-refractivity contribution in [1.82, 2.24) is 4.90 Å². The van der Waals surface area contributed by atoms with Gasteiger partial charge in [0.1, 0.15) is 0 Å². The van der Waals surface area contributed by atoms with Crippen LogP contribution < -0.4 is 5.46 Å². The van der Waals surface area contributed by atoms with Crippen molar-refractivity contribution in [3.05, 3.63) is 28.8 Å². The third kappa shape index (κ3) is 5.34. The van der Waals surface area contributed by atoms with Crippen LogP contribution in [0.4, 0.5) is 0 Å². The van der Waals surface area contributed by atoms with E-state index in [9.17, 15) is 14.8 Å². The minimum Gasteiger partial charge on any atom is -0.423 e. The topological polar surface area (TPSA) is 60.8 Å². The number of benzene rings is 1. The minimum atomic E-state index is -1.68. The van der Waals surface area contributed by atoms with Gasteiger partial charge in [-0.1, -0.05) is 38.3 Å². The second-order valence-corrected chi connectivity index (χ2v) is 5.52. The summed E-state index contributed by atoms with van der Waals surface area (Å²) in [6.07, 6.45) is 3.96. The summed E-state index contributed by atoms with van der Waals surface area (Å²) in [6.45, 7) is 5.61. The molecule has 0 saturated carbocycles. The Labute approximate surface area is 131 Å². The lowest BCUT2D eigenvalue weighted by molar-refractivity contribution is 0.0751. The fourth-order valence-electron chi connectivity index (χ4n) is 2.07. The van der Waals surface area contributed by atoms with Crippen LogP contribution in [0.3, 0.4) is 0 Å². The van der Waals surface area contributed by atoms with Gasteiger partial charge in [-0.2, -0.15) is 0 Å². The van der Waals surface area contributed by atoms with Gasteiger partial charge in [-0.25, -0.2) is 0 Å². The van der Waals surface area contributed by atoms with Gasteiger partial charge in [0, 0.05) is 29.1 Å². The zero-order valence-electron chi connectivity index (χ0n) is 12.7. The van der Waals surface area contributed by atoms with E-state index in [-0.39, 0.29) is 16.4 Å². The lowest BCUT2D eigenvalue weighted by Gasteiger charge is -2.23. The molecular weight excluding hydrogens is 288 g/mol. The zero-order valence-corrected chi connectivity index (χ0v) is 13.4. The van der Waals surface area contributed by atoms with Gasteiger partial charge in [-0.05, 0) is 31.0 Å². The number of hydrogen-bond donors (Lipinski definition) is 2. The van der Waals surface area contributed by atoms with Gasteiger partial charge in [0.15, 0.2) is 0 Å². The lowest BCUT2D eigenvalue weighted by Crippen LogP contribution is -2.35. The maximum absolute atomic E-state index is 12.6. The molecule has 0 aliphatic rings. The van der Waals surface area contributed by atoms with Crippen LogP contribution in [0.25, 0.3) is 0 Å². The quantitative estimate of drug-likeness (QED) is 0.723. The Morgan fingerprint density at radius 3 is 2.24 bits per heavy atom. The molecule has 1 aromatic carbocycles. The highest BCUT2D eigenvalue weighted by atomic mass is 35.5. The van der Waals surface area contributed by atoms with E-state index in [1.54, 1.807) is 6.07 Å². The van der Waals surface area contributed by atoms with E-state index in [2.05, 4.69) is 13.8 Å². The average molecular weight is 312 g/mol. The molecule has 0 bridgehead atoms. The molecule has 1 aromatic rings. The molecule has 0 fully saturated rings. The number of halogens is 1. The molecule has 0 unspecified atom stereocenters.